The van der Waals surface area contributed by atoms with E-state index in [0.29, 0.717) is 0 Å². The highest BCUT2D eigenvalue weighted by Gasteiger charge is 2.26. The molecule has 1 rings (SSSR count). The van der Waals surface area contributed by atoms with E-state index in [4.69, 9.17) is 0 Å². The number of nitrogens with one attached hydrogen (secondary N) is 1. The second-order valence-electron chi connectivity index (χ2n) is 2.90. The summed E-state index contributed by atoms with van der Waals surface area (Å²) in [6.45, 7) is -1.40. The molecule has 7 heteroatoms. The van der Waals surface area contributed by atoms with Crippen molar-refractivity contribution in [3.8, 4) is 0 Å². The molecule has 0 bridgehead atoms. The van der Waals surface area contributed by atoms with Gasteiger partial charge in [-0.15, -0.1) is 11.3 Å². The van der Waals surface area contributed by atoms with Crippen molar-refractivity contribution in [3.63, 3.8) is 0 Å². The van der Waals surface area contributed by atoms with Crippen molar-refractivity contribution >= 4 is 17.1 Å². The van der Waals surface area contributed by atoms with Gasteiger partial charge in [0.1, 0.15) is 0 Å². The molecule has 0 unspecified atom stereocenters. The van der Waals surface area contributed by atoms with Crippen LogP contribution in [-0.4, -0.2) is 30.0 Å². The number of alkyl halides is 3. The van der Waals surface area contributed by atoms with Gasteiger partial charge in [0.05, 0.1) is 18.6 Å². The SMILES string of the molecule is O=C(CNCC(F)(F)F)Cc1cncs1. The zero-order valence-corrected chi connectivity index (χ0v) is 8.49. The van der Waals surface area contributed by atoms with E-state index in [9.17, 15) is 18.0 Å². The molecule has 0 aliphatic carbocycles. The second kappa shape index (κ2) is 5.22. The molecule has 0 fully saturated rings. The zero-order valence-electron chi connectivity index (χ0n) is 7.67. The molecule has 0 amide bonds. The van der Waals surface area contributed by atoms with Crippen LogP contribution in [0.25, 0.3) is 0 Å². The molecular weight excluding hydrogens is 229 g/mol. The Bertz CT molecular complexity index is 310. The molecule has 0 spiro atoms. The van der Waals surface area contributed by atoms with Gasteiger partial charge in [-0.05, 0) is 0 Å². The van der Waals surface area contributed by atoms with Gasteiger partial charge in [0.25, 0.3) is 0 Å². The molecule has 15 heavy (non-hydrogen) atoms. The number of ketones is 1. The van der Waals surface area contributed by atoms with E-state index >= 15 is 0 Å². The van der Waals surface area contributed by atoms with Crippen LogP contribution < -0.4 is 5.32 Å². The Morgan fingerprint density at radius 1 is 1.53 bits per heavy atom. The van der Waals surface area contributed by atoms with Crippen molar-refractivity contribution < 1.29 is 18.0 Å². The normalized spacial score (nSPS) is 11.7. The van der Waals surface area contributed by atoms with Gasteiger partial charge in [0, 0.05) is 17.5 Å². The molecule has 0 aromatic carbocycles. The fourth-order valence-corrected chi connectivity index (χ4v) is 1.55. The molecule has 0 aliphatic rings. The van der Waals surface area contributed by atoms with Crippen molar-refractivity contribution in [3.05, 3.63) is 16.6 Å². The molecule has 0 aliphatic heterocycles. The number of rotatable bonds is 5. The van der Waals surface area contributed by atoms with Crippen LogP contribution in [0, 0.1) is 0 Å². The van der Waals surface area contributed by atoms with Crippen molar-refractivity contribution in [2.45, 2.75) is 12.6 Å². The molecule has 0 saturated carbocycles. The van der Waals surface area contributed by atoms with Gasteiger partial charge in [-0.2, -0.15) is 13.2 Å². The van der Waals surface area contributed by atoms with Gasteiger partial charge in [-0.1, -0.05) is 0 Å². The van der Waals surface area contributed by atoms with Crippen LogP contribution in [0.2, 0.25) is 0 Å². The maximum absolute atomic E-state index is 11.7. The second-order valence-corrected chi connectivity index (χ2v) is 3.87. The monoisotopic (exact) mass is 238 g/mol. The highest BCUT2D eigenvalue weighted by molar-refractivity contribution is 7.09. The number of Topliss-reactive ketones (excluding diaryl/α,β-unsaturated/α-hetero) is 1. The molecule has 0 atom stereocenters. The number of halogens is 3. The third-order valence-electron chi connectivity index (χ3n) is 1.50. The maximum Gasteiger partial charge on any atom is 0.401 e. The summed E-state index contributed by atoms with van der Waals surface area (Å²) in [4.78, 5) is 15.7. The Morgan fingerprint density at radius 2 is 2.27 bits per heavy atom. The van der Waals surface area contributed by atoms with Crippen LogP contribution >= 0.6 is 11.3 Å². The van der Waals surface area contributed by atoms with E-state index in [2.05, 4.69) is 4.98 Å². The molecule has 3 nitrogen and oxygen atoms in total. The Balaban J connectivity index is 2.20. The summed E-state index contributed by atoms with van der Waals surface area (Å²) in [5.41, 5.74) is 1.58. The molecule has 0 saturated heterocycles. The van der Waals surface area contributed by atoms with Gasteiger partial charge in [0.2, 0.25) is 0 Å². The molecule has 84 valence electrons. The number of nitrogens with zero attached hydrogens (tertiary/aromatic N) is 1. The smallest absolute Gasteiger partial charge is 0.302 e. The first-order chi connectivity index (χ1) is 6.97. The predicted octanol–water partition coefficient (Wildman–Crippen LogP) is 1.41. The molecule has 0 radical (unpaired) electrons. The maximum atomic E-state index is 11.7. The number of hydrogen-bond acceptors (Lipinski definition) is 4. The lowest BCUT2D eigenvalue weighted by atomic mass is 10.2. The van der Waals surface area contributed by atoms with E-state index < -0.39 is 12.7 Å². The Hall–Kier alpha value is -0.950. The number of hydrogen-bond donors (Lipinski definition) is 1. The predicted molar refractivity (Wildman–Crippen MR) is 49.7 cm³/mol. The van der Waals surface area contributed by atoms with E-state index in [1.807, 2.05) is 5.32 Å². The van der Waals surface area contributed by atoms with Crippen LogP contribution in [0.15, 0.2) is 11.7 Å². The summed E-state index contributed by atoms with van der Waals surface area (Å²) >= 11 is 1.31. The third kappa shape index (κ3) is 5.48. The highest BCUT2D eigenvalue weighted by Crippen LogP contribution is 2.12. The van der Waals surface area contributed by atoms with E-state index in [0.717, 1.165) is 4.88 Å². The van der Waals surface area contributed by atoms with Gasteiger partial charge in [0.15, 0.2) is 5.78 Å². The average molecular weight is 238 g/mol. The molecule has 1 N–H and O–H groups in total. The summed E-state index contributed by atoms with van der Waals surface area (Å²) in [5.74, 6) is -0.275. The zero-order chi connectivity index (χ0) is 11.3. The molecular formula is C8H9F3N2OS. The number of thiazole rings is 1. The largest absolute Gasteiger partial charge is 0.401 e. The van der Waals surface area contributed by atoms with Crippen LogP contribution in [-0.2, 0) is 11.2 Å². The standard InChI is InChI=1S/C8H9F3N2OS/c9-8(10,11)4-12-2-6(14)1-7-3-13-5-15-7/h3,5,12H,1-2,4H2. The minimum atomic E-state index is -4.27. The average Bonchev–Trinajstić information content (AvgIpc) is 2.54. The highest BCUT2D eigenvalue weighted by atomic mass is 32.1. The first-order valence-electron chi connectivity index (χ1n) is 4.14. The van der Waals surface area contributed by atoms with Crippen LogP contribution in [0.5, 0.6) is 0 Å². The van der Waals surface area contributed by atoms with Crippen LogP contribution in [0.1, 0.15) is 4.88 Å². The summed E-state index contributed by atoms with van der Waals surface area (Å²) in [7, 11) is 0. The van der Waals surface area contributed by atoms with Crippen molar-refractivity contribution in [2.24, 2.45) is 0 Å². The van der Waals surface area contributed by atoms with E-state index in [1.165, 1.54) is 17.5 Å². The number of carbonyl (C=O) groups is 1. The van der Waals surface area contributed by atoms with Crippen molar-refractivity contribution in [2.75, 3.05) is 13.1 Å². The van der Waals surface area contributed by atoms with E-state index in [-0.39, 0.29) is 18.7 Å². The first-order valence-corrected chi connectivity index (χ1v) is 5.02. The van der Waals surface area contributed by atoms with Crippen LogP contribution in [0.3, 0.4) is 0 Å². The molecule has 1 aromatic heterocycles. The quantitative estimate of drug-likeness (QED) is 0.843. The minimum Gasteiger partial charge on any atom is -0.302 e. The fraction of sp³-hybridized carbons (Fsp3) is 0.500. The molecule has 1 heterocycles. The summed E-state index contributed by atoms with van der Waals surface area (Å²) < 4.78 is 35.1. The minimum absolute atomic E-state index is 0.134. The number of aromatic nitrogens is 1. The van der Waals surface area contributed by atoms with Crippen LogP contribution in [0.4, 0.5) is 13.2 Å². The summed E-state index contributed by atoms with van der Waals surface area (Å²) in [6.07, 6.45) is -2.60. The topological polar surface area (TPSA) is 42.0 Å². The first kappa shape index (κ1) is 12.1. The Labute approximate surface area is 88.3 Å². The van der Waals surface area contributed by atoms with Gasteiger partial charge in [-0.3, -0.25) is 9.78 Å². The van der Waals surface area contributed by atoms with Gasteiger partial charge in [-0.25, -0.2) is 0 Å². The Kier molecular flexibility index (Phi) is 4.22. The third-order valence-corrected chi connectivity index (χ3v) is 2.28. The van der Waals surface area contributed by atoms with Crippen molar-refractivity contribution in [1.82, 2.24) is 10.3 Å². The van der Waals surface area contributed by atoms with Gasteiger partial charge < -0.3 is 5.32 Å². The lowest BCUT2D eigenvalue weighted by Crippen LogP contribution is -2.33. The Morgan fingerprint density at radius 3 is 2.80 bits per heavy atom. The molecule has 1 aromatic rings. The van der Waals surface area contributed by atoms with E-state index in [1.54, 1.807) is 5.51 Å². The fourth-order valence-electron chi connectivity index (χ4n) is 0.930. The number of carbonyl (C=O) groups excluding carboxylic acids is 1. The summed E-state index contributed by atoms with van der Waals surface area (Å²) in [6, 6.07) is 0. The summed E-state index contributed by atoms with van der Waals surface area (Å²) in [5, 5.41) is 2.05. The lowest BCUT2D eigenvalue weighted by Gasteiger charge is -2.06. The van der Waals surface area contributed by atoms with Crippen molar-refractivity contribution in [1.29, 1.82) is 0 Å². The van der Waals surface area contributed by atoms with Gasteiger partial charge >= 0.3 is 6.18 Å². The lowest BCUT2D eigenvalue weighted by molar-refractivity contribution is -0.127.